The van der Waals surface area contributed by atoms with E-state index in [0.717, 1.165) is 18.2 Å². The van der Waals surface area contributed by atoms with E-state index in [1.54, 1.807) is 0 Å². The van der Waals surface area contributed by atoms with Gasteiger partial charge in [0.25, 0.3) is 0 Å². The minimum absolute atomic E-state index is 0.0377. The van der Waals surface area contributed by atoms with Gasteiger partial charge < -0.3 is 0 Å². The zero-order valence-electron chi connectivity index (χ0n) is 9.90. The van der Waals surface area contributed by atoms with Crippen LogP contribution < -0.4 is 0 Å². The van der Waals surface area contributed by atoms with Crippen molar-refractivity contribution < 1.29 is 13.2 Å². The minimum atomic E-state index is -4.05. The van der Waals surface area contributed by atoms with Gasteiger partial charge in [-0.2, -0.15) is 13.2 Å². The number of rotatable bonds is 6. The number of thioether (sulfide) groups is 1. The average molecular weight is 242 g/mol. The monoisotopic (exact) mass is 242 g/mol. The lowest BCUT2D eigenvalue weighted by Gasteiger charge is -2.21. The van der Waals surface area contributed by atoms with Crippen molar-refractivity contribution in [3.63, 3.8) is 0 Å². The van der Waals surface area contributed by atoms with E-state index in [9.17, 15) is 13.2 Å². The van der Waals surface area contributed by atoms with Gasteiger partial charge in [0.05, 0.1) is 0 Å². The molecule has 4 heteroatoms. The Morgan fingerprint density at radius 3 is 1.87 bits per heavy atom. The van der Waals surface area contributed by atoms with Gasteiger partial charge in [0.2, 0.25) is 0 Å². The molecule has 0 nitrogen and oxygen atoms in total. The first-order valence-corrected chi connectivity index (χ1v) is 6.40. The first-order valence-electron chi connectivity index (χ1n) is 5.45. The second kappa shape index (κ2) is 6.66. The maximum absolute atomic E-state index is 12.6. The number of hydrogen-bond acceptors (Lipinski definition) is 1. The molecule has 0 aliphatic heterocycles. The zero-order valence-corrected chi connectivity index (χ0v) is 10.7. The van der Waals surface area contributed by atoms with E-state index in [-0.39, 0.29) is 11.7 Å². The summed E-state index contributed by atoms with van der Waals surface area (Å²) in [6, 6.07) is 0. The molecule has 0 amide bonds. The van der Waals surface area contributed by atoms with E-state index >= 15 is 0 Å². The van der Waals surface area contributed by atoms with Crippen molar-refractivity contribution in [2.75, 3.05) is 0 Å². The summed E-state index contributed by atoms with van der Waals surface area (Å²) in [7, 11) is 0. The normalized spacial score (nSPS) is 15.0. The molecule has 0 heterocycles. The average Bonchev–Trinajstić information content (AvgIpc) is 1.99. The molecule has 0 aliphatic rings. The summed E-state index contributed by atoms with van der Waals surface area (Å²) in [4.78, 5) is 0. The molecule has 0 aromatic rings. The molecular weight excluding hydrogens is 221 g/mol. The van der Waals surface area contributed by atoms with Crippen LogP contribution in [0.5, 0.6) is 0 Å². The Hall–Kier alpha value is 0.140. The van der Waals surface area contributed by atoms with Gasteiger partial charge in [-0.15, -0.1) is 11.8 Å². The molecule has 0 aromatic carbocycles. The third-order valence-corrected chi connectivity index (χ3v) is 3.43. The Bertz CT molecular complexity index is 164. The second-order valence-electron chi connectivity index (χ2n) is 4.54. The lowest BCUT2D eigenvalue weighted by molar-refractivity contribution is -0.130. The van der Waals surface area contributed by atoms with E-state index < -0.39 is 11.4 Å². The zero-order chi connectivity index (χ0) is 12.1. The van der Waals surface area contributed by atoms with Crippen LogP contribution in [0.15, 0.2) is 0 Å². The van der Waals surface area contributed by atoms with Gasteiger partial charge >= 0.3 is 6.18 Å². The van der Waals surface area contributed by atoms with Crippen molar-refractivity contribution in [2.24, 2.45) is 5.92 Å². The maximum Gasteiger partial charge on any atom is 0.400 e. The molecule has 0 radical (unpaired) electrons. The molecule has 0 saturated heterocycles. The predicted octanol–water partition coefficient (Wildman–Crippen LogP) is 4.89. The first kappa shape index (κ1) is 15.1. The van der Waals surface area contributed by atoms with E-state index in [1.165, 1.54) is 0 Å². The fraction of sp³-hybridized carbons (Fsp3) is 1.00. The molecule has 0 bridgehead atoms. The molecule has 1 atom stereocenters. The summed E-state index contributed by atoms with van der Waals surface area (Å²) >= 11 is 1.03. The van der Waals surface area contributed by atoms with E-state index in [4.69, 9.17) is 0 Å². The van der Waals surface area contributed by atoms with Gasteiger partial charge in [-0.25, -0.2) is 0 Å². The summed E-state index contributed by atoms with van der Waals surface area (Å²) in [5.41, 5.74) is 0. The van der Waals surface area contributed by atoms with Crippen LogP contribution in [0.3, 0.4) is 0 Å². The Morgan fingerprint density at radius 1 is 1.00 bits per heavy atom. The van der Waals surface area contributed by atoms with Crippen molar-refractivity contribution in [3.05, 3.63) is 0 Å². The van der Waals surface area contributed by atoms with Crippen LogP contribution >= 0.6 is 11.8 Å². The number of hydrogen-bond donors (Lipinski definition) is 0. The summed E-state index contributed by atoms with van der Waals surface area (Å²) in [6.07, 6.45) is -2.25. The maximum atomic E-state index is 12.6. The van der Waals surface area contributed by atoms with E-state index in [0.29, 0.717) is 12.3 Å². The lowest BCUT2D eigenvalue weighted by Crippen LogP contribution is -2.27. The lowest BCUT2D eigenvalue weighted by atomic mass is 10.1. The van der Waals surface area contributed by atoms with Crippen molar-refractivity contribution in [1.29, 1.82) is 0 Å². The molecule has 92 valence electrons. The van der Waals surface area contributed by atoms with Gasteiger partial charge in [0, 0.05) is 0 Å². The molecule has 0 N–H and O–H groups in total. The highest BCUT2D eigenvalue weighted by Crippen LogP contribution is 2.36. The first-order chi connectivity index (χ1) is 6.73. The fourth-order valence-electron chi connectivity index (χ4n) is 1.35. The van der Waals surface area contributed by atoms with Crippen LogP contribution in [0.4, 0.5) is 13.2 Å². The molecule has 0 spiro atoms. The fourth-order valence-corrected chi connectivity index (χ4v) is 2.46. The highest BCUT2D eigenvalue weighted by molar-refractivity contribution is 8.00. The molecule has 0 aliphatic carbocycles. The number of alkyl halides is 3. The van der Waals surface area contributed by atoms with Crippen molar-refractivity contribution in [2.45, 2.75) is 63.6 Å². The topological polar surface area (TPSA) is 0 Å². The standard InChI is InChI=1S/C11H21F3S/c1-8(2)6-5-7-10(11(12,13)14)15-9(3)4/h8-10H,5-7H2,1-4H3/t10-/m0/s1. The van der Waals surface area contributed by atoms with Crippen LogP contribution in [0.2, 0.25) is 0 Å². The van der Waals surface area contributed by atoms with Crippen LogP contribution in [-0.4, -0.2) is 16.7 Å². The van der Waals surface area contributed by atoms with Crippen LogP contribution in [-0.2, 0) is 0 Å². The minimum Gasteiger partial charge on any atom is -0.170 e. The van der Waals surface area contributed by atoms with E-state index in [1.807, 2.05) is 27.7 Å². The molecule has 0 saturated carbocycles. The molecule has 0 aromatic heterocycles. The Morgan fingerprint density at radius 2 is 1.53 bits per heavy atom. The van der Waals surface area contributed by atoms with Crippen LogP contribution in [0.25, 0.3) is 0 Å². The molecule has 0 rings (SSSR count). The highest BCUT2D eigenvalue weighted by Gasteiger charge is 2.39. The molecular formula is C11H21F3S. The number of halogens is 3. The third kappa shape index (κ3) is 8.00. The summed E-state index contributed by atoms with van der Waals surface area (Å²) in [5.74, 6) is 0.489. The Kier molecular flexibility index (Phi) is 6.73. The second-order valence-corrected chi connectivity index (χ2v) is 6.32. The summed E-state index contributed by atoms with van der Waals surface area (Å²) in [5, 5.41) is -1.15. The smallest absolute Gasteiger partial charge is 0.170 e. The SMILES string of the molecule is CC(C)CCC[C@H](SC(C)C)C(F)(F)F. The summed E-state index contributed by atoms with van der Waals surface area (Å²) < 4.78 is 37.8. The van der Waals surface area contributed by atoms with Gasteiger partial charge in [0.1, 0.15) is 5.25 Å². The van der Waals surface area contributed by atoms with Gasteiger partial charge in [-0.05, 0) is 17.6 Å². The predicted molar refractivity (Wildman–Crippen MR) is 61.3 cm³/mol. The molecule has 0 fully saturated rings. The largest absolute Gasteiger partial charge is 0.400 e. The Labute approximate surface area is 95.0 Å². The van der Waals surface area contributed by atoms with Gasteiger partial charge in [-0.3, -0.25) is 0 Å². The molecule has 0 unspecified atom stereocenters. The van der Waals surface area contributed by atoms with Crippen LogP contribution in [0, 0.1) is 5.92 Å². The van der Waals surface area contributed by atoms with E-state index in [2.05, 4.69) is 0 Å². The van der Waals surface area contributed by atoms with Crippen molar-refractivity contribution in [3.8, 4) is 0 Å². The quantitative estimate of drug-likeness (QED) is 0.639. The highest BCUT2D eigenvalue weighted by atomic mass is 32.2. The van der Waals surface area contributed by atoms with Crippen molar-refractivity contribution in [1.82, 2.24) is 0 Å². The van der Waals surface area contributed by atoms with Gasteiger partial charge in [-0.1, -0.05) is 40.5 Å². The van der Waals surface area contributed by atoms with Crippen molar-refractivity contribution >= 4 is 11.8 Å². The third-order valence-electron chi connectivity index (χ3n) is 2.05. The van der Waals surface area contributed by atoms with Crippen LogP contribution in [0.1, 0.15) is 47.0 Å². The van der Waals surface area contributed by atoms with Gasteiger partial charge in [0.15, 0.2) is 0 Å². The summed E-state index contributed by atoms with van der Waals surface area (Å²) in [6.45, 7) is 7.70. The Balaban J connectivity index is 4.03. The molecule has 15 heavy (non-hydrogen) atoms.